The molecular weight excluding hydrogens is 228 g/mol. The quantitative estimate of drug-likeness (QED) is 0.866. The van der Waals surface area contributed by atoms with E-state index in [1.807, 2.05) is 17.0 Å². The molecule has 0 saturated carbocycles. The molecule has 2 N–H and O–H groups in total. The van der Waals surface area contributed by atoms with Crippen LogP contribution in [0.4, 0.5) is 0 Å². The van der Waals surface area contributed by atoms with Gasteiger partial charge in [0.05, 0.1) is 6.61 Å². The van der Waals surface area contributed by atoms with Gasteiger partial charge in [0.25, 0.3) is 0 Å². The van der Waals surface area contributed by atoms with Crippen molar-refractivity contribution in [2.24, 2.45) is 5.73 Å². The van der Waals surface area contributed by atoms with E-state index >= 15 is 0 Å². The molecule has 1 amide bonds. The number of nitrogens with two attached hydrogens (primary N) is 1. The van der Waals surface area contributed by atoms with Crippen LogP contribution in [0.15, 0.2) is 24.3 Å². The Morgan fingerprint density at radius 2 is 2.17 bits per heavy atom. The summed E-state index contributed by atoms with van der Waals surface area (Å²) in [5, 5.41) is 0. The first-order chi connectivity index (χ1) is 8.72. The van der Waals surface area contributed by atoms with Gasteiger partial charge in [-0.1, -0.05) is 24.3 Å². The molecular formula is C14H20N2O2. The van der Waals surface area contributed by atoms with E-state index in [2.05, 4.69) is 12.1 Å². The van der Waals surface area contributed by atoms with Crippen LogP contribution < -0.4 is 5.73 Å². The molecule has 0 spiro atoms. The first-order valence-corrected chi connectivity index (χ1v) is 6.32. The zero-order valence-corrected chi connectivity index (χ0v) is 10.8. The van der Waals surface area contributed by atoms with Crippen molar-refractivity contribution >= 4 is 5.91 Å². The van der Waals surface area contributed by atoms with Crippen molar-refractivity contribution in [2.45, 2.75) is 25.4 Å². The van der Waals surface area contributed by atoms with Crippen LogP contribution in [0.2, 0.25) is 0 Å². The van der Waals surface area contributed by atoms with E-state index in [1.54, 1.807) is 7.11 Å². The third kappa shape index (κ3) is 2.89. The van der Waals surface area contributed by atoms with Gasteiger partial charge in [-0.15, -0.1) is 0 Å². The third-order valence-corrected chi connectivity index (χ3v) is 3.33. The Bertz CT molecular complexity index is 420. The number of benzene rings is 1. The summed E-state index contributed by atoms with van der Waals surface area (Å²) < 4.78 is 4.94. The summed E-state index contributed by atoms with van der Waals surface area (Å²) in [6.07, 6.45) is 2.02. The SMILES string of the molecule is COCC(N)C(=O)N1CCCc2ccccc2C1. The number of amides is 1. The minimum Gasteiger partial charge on any atom is -0.383 e. The Balaban J connectivity index is 2.10. The van der Waals surface area contributed by atoms with Crippen molar-refractivity contribution < 1.29 is 9.53 Å². The van der Waals surface area contributed by atoms with Gasteiger partial charge in [0.2, 0.25) is 5.91 Å². The molecule has 18 heavy (non-hydrogen) atoms. The summed E-state index contributed by atoms with van der Waals surface area (Å²) in [6, 6.07) is 7.73. The van der Waals surface area contributed by atoms with Crippen LogP contribution >= 0.6 is 0 Å². The summed E-state index contributed by atoms with van der Waals surface area (Å²) in [6.45, 7) is 1.70. The highest BCUT2D eigenvalue weighted by Crippen LogP contribution is 2.18. The van der Waals surface area contributed by atoms with E-state index in [-0.39, 0.29) is 12.5 Å². The molecule has 1 heterocycles. The third-order valence-electron chi connectivity index (χ3n) is 3.33. The second kappa shape index (κ2) is 5.98. The van der Waals surface area contributed by atoms with Gasteiger partial charge in [-0.25, -0.2) is 0 Å². The largest absolute Gasteiger partial charge is 0.383 e. The molecule has 0 fully saturated rings. The van der Waals surface area contributed by atoms with Gasteiger partial charge in [-0.3, -0.25) is 4.79 Å². The fourth-order valence-electron chi connectivity index (χ4n) is 2.37. The highest BCUT2D eigenvalue weighted by atomic mass is 16.5. The maximum absolute atomic E-state index is 12.2. The predicted molar refractivity (Wildman–Crippen MR) is 70.0 cm³/mol. The molecule has 0 bridgehead atoms. The van der Waals surface area contributed by atoms with Gasteiger partial charge in [-0.05, 0) is 24.0 Å². The Morgan fingerprint density at radius 3 is 2.89 bits per heavy atom. The van der Waals surface area contributed by atoms with Crippen LogP contribution in [0, 0.1) is 0 Å². The molecule has 1 aliphatic heterocycles. The summed E-state index contributed by atoms with van der Waals surface area (Å²) >= 11 is 0. The number of ether oxygens (including phenoxy) is 1. The van der Waals surface area contributed by atoms with Crippen LogP contribution in [0.5, 0.6) is 0 Å². The minimum absolute atomic E-state index is 0.0199. The molecule has 98 valence electrons. The van der Waals surface area contributed by atoms with E-state index in [1.165, 1.54) is 11.1 Å². The number of rotatable bonds is 3. The normalized spacial score (nSPS) is 16.9. The molecule has 0 saturated heterocycles. The first kappa shape index (κ1) is 13.1. The van der Waals surface area contributed by atoms with Gasteiger partial charge in [0.15, 0.2) is 0 Å². The number of aryl methyl sites for hydroxylation is 1. The second-order valence-corrected chi connectivity index (χ2v) is 4.69. The molecule has 4 nitrogen and oxygen atoms in total. The Kier molecular flexibility index (Phi) is 4.33. The van der Waals surface area contributed by atoms with Gasteiger partial charge >= 0.3 is 0 Å². The topological polar surface area (TPSA) is 55.6 Å². The van der Waals surface area contributed by atoms with Crippen molar-refractivity contribution in [3.8, 4) is 0 Å². The summed E-state index contributed by atoms with van der Waals surface area (Å²) in [5.74, 6) is -0.0199. The molecule has 2 rings (SSSR count). The standard InChI is InChI=1S/C14H20N2O2/c1-18-10-13(15)14(17)16-8-4-7-11-5-2-3-6-12(11)9-16/h2-3,5-6,13H,4,7-10,15H2,1H3. The highest BCUT2D eigenvalue weighted by Gasteiger charge is 2.23. The number of methoxy groups -OCH3 is 1. The molecule has 0 aromatic heterocycles. The molecule has 4 heteroatoms. The number of nitrogens with zero attached hydrogens (tertiary/aromatic N) is 1. The average molecular weight is 248 g/mol. The maximum Gasteiger partial charge on any atom is 0.242 e. The van der Waals surface area contributed by atoms with Gasteiger partial charge in [0, 0.05) is 20.2 Å². The zero-order chi connectivity index (χ0) is 13.0. The Hall–Kier alpha value is -1.39. The van der Waals surface area contributed by atoms with E-state index in [0.29, 0.717) is 6.54 Å². The van der Waals surface area contributed by atoms with E-state index in [4.69, 9.17) is 10.5 Å². The lowest BCUT2D eigenvalue weighted by Crippen LogP contribution is -2.45. The van der Waals surface area contributed by atoms with Crippen LogP contribution in [0.1, 0.15) is 17.5 Å². The summed E-state index contributed by atoms with van der Waals surface area (Å²) in [5.41, 5.74) is 8.38. The number of carbonyl (C=O) groups excluding carboxylic acids is 1. The van der Waals surface area contributed by atoms with Crippen molar-refractivity contribution in [2.75, 3.05) is 20.3 Å². The fourth-order valence-corrected chi connectivity index (χ4v) is 2.37. The highest BCUT2D eigenvalue weighted by molar-refractivity contribution is 5.81. The molecule has 1 atom stereocenters. The number of fused-ring (bicyclic) bond motifs is 1. The fraction of sp³-hybridized carbons (Fsp3) is 0.500. The smallest absolute Gasteiger partial charge is 0.242 e. The van der Waals surface area contributed by atoms with Crippen LogP contribution in [-0.4, -0.2) is 37.1 Å². The summed E-state index contributed by atoms with van der Waals surface area (Å²) in [7, 11) is 1.56. The van der Waals surface area contributed by atoms with Crippen LogP contribution in [0.3, 0.4) is 0 Å². The molecule has 1 aromatic rings. The number of hydrogen-bond acceptors (Lipinski definition) is 3. The molecule has 1 aromatic carbocycles. The zero-order valence-electron chi connectivity index (χ0n) is 10.8. The molecule has 1 unspecified atom stereocenters. The minimum atomic E-state index is -0.555. The Labute approximate surface area is 108 Å². The number of carbonyl (C=O) groups is 1. The maximum atomic E-state index is 12.2. The van der Waals surface area contributed by atoms with Crippen molar-refractivity contribution in [3.63, 3.8) is 0 Å². The second-order valence-electron chi connectivity index (χ2n) is 4.69. The monoisotopic (exact) mass is 248 g/mol. The molecule has 1 aliphatic rings. The predicted octanol–water partition coefficient (Wildman–Crippen LogP) is 0.935. The lowest BCUT2D eigenvalue weighted by molar-refractivity contribution is -0.134. The van der Waals surface area contributed by atoms with Crippen LogP contribution in [0.25, 0.3) is 0 Å². The van der Waals surface area contributed by atoms with Gasteiger partial charge < -0.3 is 15.4 Å². The Morgan fingerprint density at radius 1 is 1.44 bits per heavy atom. The lowest BCUT2D eigenvalue weighted by Gasteiger charge is -2.24. The van der Waals surface area contributed by atoms with Gasteiger partial charge in [-0.2, -0.15) is 0 Å². The first-order valence-electron chi connectivity index (χ1n) is 6.32. The van der Waals surface area contributed by atoms with Crippen molar-refractivity contribution in [1.82, 2.24) is 4.90 Å². The average Bonchev–Trinajstić information content (AvgIpc) is 2.60. The van der Waals surface area contributed by atoms with Crippen LogP contribution in [-0.2, 0) is 22.5 Å². The summed E-state index contributed by atoms with van der Waals surface area (Å²) in [4.78, 5) is 14.0. The van der Waals surface area contributed by atoms with E-state index < -0.39 is 6.04 Å². The molecule has 0 aliphatic carbocycles. The lowest BCUT2D eigenvalue weighted by atomic mass is 10.0. The van der Waals surface area contributed by atoms with Crippen molar-refractivity contribution in [1.29, 1.82) is 0 Å². The van der Waals surface area contributed by atoms with E-state index in [9.17, 15) is 4.79 Å². The van der Waals surface area contributed by atoms with E-state index in [0.717, 1.165) is 19.4 Å². The number of hydrogen-bond donors (Lipinski definition) is 1. The van der Waals surface area contributed by atoms with Gasteiger partial charge in [0.1, 0.15) is 6.04 Å². The molecule has 0 radical (unpaired) electrons. The van der Waals surface area contributed by atoms with Crippen molar-refractivity contribution in [3.05, 3.63) is 35.4 Å².